The van der Waals surface area contributed by atoms with Crippen LogP contribution in [0.25, 0.3) is 5.76 Å². The molecule has 1 aliphatic carbocycles. The van der Waals surface area contributed by atoms with Gasteiger partial charge in [0, 0.05) is 17.6 Å². The van der Waals surface area contributed by atoms with E-state index in [4.69, 9.17) is 9.47 Å². The summed E-state index contributed by atoms with van der Waals surface area (Å²) in [5, 5.41) is 10.3. The molecule has 25 heavy (non-hydrogen) atoms. The summed E-state index contributed by atoms with van der Waals surface area (Å²) in [6.45, 7) is 1.64. The third kappa shape index (κ3) is 2.64. The first-order chi connectivity index (χ1) is 12.1. The Labute approximate surface area is 145 Å². The highest BCUT2D eigenvalue weighted by Gasteiger charge is 2.48. The molecule has 0 bridgehead atoms. The Kier molecular flexibility index (Phi) is 3.86. The maximum atomic E-state index is 12.6. The molecular weight excluding hydrogens is 320 g/mol. The predicted molar refractivity (Wildman–Crippen MR) is 90.3 cm³/mol. The van der Waals surface area contributed by atoms with Crippen LogP contribution in [0, 0.1) is 11.8 Å². The van der Waals surface area contributed by atoms with Gasteiger partial charge < -0.3 is 14.6 Å². The van der Waals surface area contributed by atoms with E-state index < -0.39 is 18.2 Å². The lowest BCUT2D eigenvalue weighted by atomic mass is 9.72. The number of esters is 1. The number of allylic oxidation sites excluding steroid dienone is 1. The number of cyclic esters (lactones) is 1. The van der Waals surface area contributed by atoms with Crippen LogP contribution in [0.1, 0.15) is 31.7 Å². The zero-order chi connectivity index (χ0) is 17.6. The van der Waals surface area contributed by atoms with Gasteiger partial charge in [-0.2, -0.15) is 0 Å². The standard InChI is InChI=1S/C20H20O5/c1-11-18(22)17(20(23)24-11)14-9-5-8-13-15(21)10-16(25-19(13)14)12-6-3-2-4-7-12/h2-4,6-7,10-11,13-14,19,22H,5,8-9H2,1H3. The summed E-state index contributed by atoms with van der Waals surface area (Å²) in [7, 11) is 0. The summed E-state index contributed by atoms with van der Waals surface area (Å²) in [6.07, 6.45) is 2.72. The molecule has 0 amide bonds. The molecule has 2 aliphatic heterocycles. The van der Waals surface area contributed by atoms with E-state index >= 15 is 0 Å². The molecule has 1 N–H and O–H groups in total. The van der Waals surface area contributed by atoms with Gasteiger partial charge in [0.05, 0.1) is 11.5 Å². The maximum absolute atomic E-state index is 12.6. The van der Waals surface area contributed by atoms with Crippen molar-refractivity contribution in [1.82, 2.24) is 0 Å². The first kappa shape index (κ1) is 15.9. The van der Waals surface area contributed by atoms with Crippen molar-refractivity contribution in [2.24, 2.45) is 11.8 Å². The number of hydrogen-bond donors (Lipinski definition) is 1. The molecule has 4 rings (SSSR count). The van der Waals surface area contributed by atoms with Crippen LogP contribution in [0.2, 0.25) is 0 Å². The normalized spacial score (nSPS) is 32.0. The fourth-order valence-electron chi connectivity index (χ4n) is 4.06. The summed E-state index contributed by atoms with van der Waals surface area (Å²) >= 11 is 0. The van der Waals surface area contributed by atoms with Crippen molar-refractivity contribution in [3.8, 4) is 0 Å². The van der Waals surface area contributed by atoms with Gasteiger partial charge in [0.15, 0.2) is 11.9 Å². The number of aliphatic hydroxyl groups excluding tert-OH is 1. The fourth-order valence-corrected chi connectivity index (χ4v) is 4.06. The molecule has 1 aromatic rings. The van der Waals surface area contributed by atoms with Crippen molar-refractivity contribution in [2.45, 2.75) is 38.4 Å². The zero-order valence-electron chi connectivity index (χ0n) is 14.0. The molecule has 4 atom stereocenters. The average Bonchev–Trinajstić information content (AvgIpc) is 2.87. The molecule has 5 heteroatoms. The van der Waals surface area contributed by atoms with Gasteiger partial charge in [-0.05, 0) is 19.8 Å². The molecule has 3 aliphatic rings. The molecule has 1 fully saturated rings. The third-order valence-corrected chi connectivity index (χ3v) is 5.32. The average molecular weight is 340 g/mol. The smallest absolute Gasteiger partial charge is 0.338 e. The van der Waals surface area contributed by atoms with Crippen molar-refractivity contribution in [1.29, 1.82) is 0 Å². The molecule has 0 saturated heterocycles. The van der Waals surface area contributed by atoms with E-state index in [0.29, 0.717) is 12.2 Å². The number of fused-ring (bicyclic) bond motifs is 1. The van der Waals surface area contributed by atoms with Gasteiger partial charge in [0.2, 0.25) is 0 Å². The highest BCUT2D eigenvalue weighted by molar-refractivity contribution is 5.99. The van der Waals surface area contributed by atoms with Gasteiger partial charge in [-0.25, -0.2) is 4.79 Å². The number of carbonyl (C=O) groups excluding carboxylic acids is 2. The van der Waals surface area contributed by atoms with E-state index in [1.54, 1.807) is 13.0 Å². The summed E-state index contributed by atoms with van der Waals surface area (Å²) in [5.74, 6) is -0.578. The van der Waals surface area contributed by atoms with Gasteiger partial charge in [-0.1, -0.05) is 36.8 Å². The number of benzene rings is 1. The van der Waals surface area contributed by atoms with Crippen molar-refractivity contribution in [3.63, 3.8) is 0 Å². The summed E-state index contributed by atoms with van der Waals surface area (Å²) in [4.78, 5) is 24.9. The minimum atomic E-state index is -0.633. The molecule has 4 unspecified atom stereocenters. The molecule has 2 heterocycles. The van der Waals surface area contributed by atoms with Gasteiger partial charge in [0.25, 0.3) is 0 Å². The molecule has 0 spiro atoms. The Hall–Kier alpha value is -2.56. The first-order valence-electron chi connectivity index (χ1n) is 8.68. The number of ketones is 1. The van der Waals surface area contributed by atoms with Crippen LogP contribution >= 0.6 is 0 Å². The Bertz CT molecular complexity index is 777. The Balaban J connectivity index is 1.70. The van der Waals surface area contributed by atoms with E-state index in [2.05, 4.69) is 0 Å². The zero-order valence-corrected chi connectivity index (χ0v) is 14.0. The van der Waals surface area contributed by atoms with Gasteiger partial charge in [-0.3, -0.25) is 4.79 Å². The van der Waals surface area contributed by atoms with Crippen molar-refractivity contribution in [2.75, 3.05) is 0 Å². The van der Waals surface area contributed by atoms with Crippen LogP contribution < -0.4 is 0 Å². The van der Waals surface area contributed by atoms with E-state index in [9.17, 15) is 14.7 Å². The molecule has 0 aromatic heterocycles. The second kappa shape index (κ2) is 6.06. The van der Waals surface area contributed by atoms with Crippen molar-refractivity contribution < 1.29 is 24.2 Å². The fraction of sp³-hybridized carbons (Fsp3) is 0.400. The Morgan fingerprint density at radius 1 is 1.04 bits per heavy atom. The van der Waals surface area contributed by atoms with E-state index in [-0.39, 0.29) is 29.0 Å². The molecule has 1 aromatic carbocycles. The second-order valence-corrected chi connectivity index (χ2v) is 6.85. The predicted octanol–water partition coefficient (Wildman–Crippen LogP) is 3.17. The number of rotatable bonds is 2. The number of carbonyl (C=O) groups is 2. The lowest BCUT2D eigenvalue weighted by Crippen LogP contribution is -2.43. The summed E-state index contributed by atoms with van der Waals surface area (Å²) in [5.41, 5.74) is 1.11. The second-order valence-electron chi connectivity index (χ2n) is 6.85. The first-order valence-corrected chi connectivity index (χ1v) is 8.68. The molecular formula is C20H20O5. The van der Waals surface area contributed by atoms with Crippen molar-refractivity contribution in [3.05, 3.63) is 53.3 Å². The highest BCUT2D eigenvalue weighted by atomic mass is 16.6. The monoisotopic (exact) mass is 340 g/mol. The van der Waals surface area contributed by atoms with E-state index in [0.717, 1.165) is 18.4 Å². The van der Waals surface area contributed by atoms with Gasteiger partial charge in [0.1, 0.15) is 17.6 Å². The minimum absolute atomic E-state index is 0.0255. The Morgan fingerprint density at radius 2 is 1.76 bits per heavy atom. The van der Waals surface area contributed by atoms with Gasteiger partial charge >= 0.3 is 5.97 Å². The largest absolute Gasteiger partial charge is 0.508 e. The molecule has 0 radical (unpaired) electrons. The van der Waals surface area contributed by atoms with Crippen LogP contribution in [0.5, 0.6) is 0 Å². The summed E-state index contributed by atoms with van der Waals surface area (Å²) in [6, 6.07) is 9.46. The highest BCUT2D eigenvalue weighted by Crippen LogP contribution is 2.44. The van der Waals surface area contributed by atoms with Crippen LogP contribution in [0.4, 0.5) is 0 Å². The summed E-state index contributed by atoms with van der Waals surface area (Å²) < 4.78 is 11.3. The van der Waals surface area contributed by atoms with Crippen molar-refractivity contribution >= 4 is 17.5 Å². The molecule has 5 nitrogen and oxygen atoms in total. The van der Waals surface area contributed by atoms with Crippen LogP contribution in [0.15, 0.2) is 47.7 Å². The number of aliphatic hydroxyl groups is 1. The van der Waals surface area contributed by atoms with Crippen LogP contribution in [-0.2, 0) is 19.1 Å². The SMILES string of the molecule is CC1OC(=O)C(C2CCCC3C(=O)C=C(c4ccccc4)OC32)=C1O. The topological polar surface area (TPSA) is 72.8 Å². The molecule has 130 valence electrons. The van der Waals surface area contributed by atoms with Crippen LogP contribution in [-0.4, -0.2) is 29.1 Å². The molecule has 1 saturated carbocycles. The lowest BCUT2D eigenvalue weighted by Gasteiger charge is -2.40. The lowest BCUT2D eigenvalue weighted by molar-refractivity contribution is -0.141. The number of ether oxygens (including phenoxy) is 2. The Morgan fingerprint density at radius 3 is 2.44 bits per heavy atom. The minimum Gasteiger partial charge on any atom is -0.508 e. The third-order valence-electron chi connectivity index (χ3n) is 5.32. The quantitative estimate of drug-likeness (QED) is 0.837. The van der Waals surface area contributed by atoms with E-state index in [1.807, 2.05) is 30.3 Å². The van der Waals surface area contributed by atoms with Gasteiger partial charge in [-0.15, -0.1) is 0 Å². The number of hydrogen-bond acceptors (Lipinski definition) is 5. The maximum Gasteiger partial charge on any atom is 0.338 e. The van der Waals surface area contributed by atoms with E-state index in [1.165, 1.54) is 0 Å². The van der Waals surface area contributed by atoms with Crippen LogP contribution in [0.3, 0.4) is 0 Å².